The van der Waals surface area contributed by atoms with Crippen molar-refractivity contribution in [2.45, 2.75) is 24.7 Å². The van der Waals surface area contributed by atoms with Gasteiger partial charge in [-0.15, -0.1) is 11.8 Å². The lowest BCUT2D eigenvalue weighted by molar-refractivity contribution is 0.493. The molecule has 0 fully saturated rings. The molecule has 0 aromatic heterocycles. The Morgan fingerprint density at radius 3 is 2.38 bits per heavy atom. The van der Waals surface area contributed by atoms with Crippen LogP contribution in [0.25, 0.3) is 0 Å². The highest BCUT2D eigenvalue weighted by atomic mass is 32.2. The maximum Gasteiger partial charge on any atom is 0.306 e. The summed E-state index contributed by atoms with van der Waals surface area (Å²) in [6.07, 6.45) is 3.41. The first kappa shape index (κ1) is 13.4. The van der Waals surface area contributed by atoms with Crippen LogP contribution in [0.15, 0.2) is 29.2 Å². The van der Waals surface area contributed by atoms with Crippen LogP contribution < -0.4 is 4.18 Å². The topological polar surface area (TPSA) is 43.4 Å². The van der Waals surface area contributed by atoms with Gasteiger partial charge in [0.05, 0.1) is 6.26 Å². The van der Waals surface area contributed by atoms with Crippen molar-refractivity contribution in [1.82, 2.24) is 0 Å². The maximum atomic E-state index is 10.9. The van der Waals surface area contributed by atoms with E-state index in [1.165, 1.54) is 12.8 Å². The first-order chi connectivity index (χ1) is 7.51. The Hall–Kier alpha value is -0.680. The van der Waals surface area contributed by atoms with Gasteiger partial charge in [-0.05, 0) is 36.4 Å². The Morgan fingerprint density at radius 2 is 1.88 bits per heavy atom. The molecule has 0 bridgehead atoms. The number of hydrogen-bond donors (Lipinski definition) is 0. The zero-order valence-corrected chi connectivity index (χ0v) is 11.1. The Balaban J connectivity index is 2.54. The Labute approximate surface area is 101 Å². The Morgan fingerprint density at radius 1 is 1.25 bits per heavy atom. The van der Waals surface area contributed by atoms with Crippen LogP contribution in [0.1, 0.15) is 19.8 Å². The van der Waals surface area contributed by atoms with Crippen LogP contribution in [0, 0.1) is 0 Å². The normalized spacial score (nSPS) is 11.4. The molecule has 0 amide bonds. The van der Waals surface area contributed by atoms with Crippen LogP contribution in [-0.2, 0) is 10.1 Å². The van der Waals surface area contributed by atoms with Gasteiger partial charge in [0.15, 0.2) is 0 Å². The third-order valence-electron chi connectivity index (χ3n) is 1.84. The van der Waals surface area contributed by atoms with Gasteiger partial charge in [-0.1, -0.05) is 13.3 Å². The smallest absolute Gasteiger partial charge is 0.306 e. The molecule has 0 saturated carbocycles. The van der Waals surface area contributed by atoms with Crippen molar-refractivity contribution in [2.75, 3.05) is 12.0 Å². The quantitative estimate of drug-likeness (QED) is 0.448. The molecule has 3 nitrogen and oxygen atoms in total. The minimum Gasteiger partial charge on any atom is -0.383 e. The van der Waals surface area contributed by atoms with Crippen LogP contribution in [-0.4, -0.2) is 20.4 Å². The van der Waals surface area contributed by atoms with Crippen molar-refractivity contribution in [2.24, 2.45) is 0 Å². The molecule has 0 aliphatic rings. The summed E-state index contributed by atoms with van der Waals surface area (Å²) in [5.74, 6) is 1.45. The molecule has 0 heterocycles. The molecule has 0 aliphatic heterocycles. The average Bonchev–Trinajstić information content (AvgIpc) is 2.19. The van der Waals surface area contributed by atoms with Crippen molar-refractivity contribution in [3.8, 4) is 5.75 Å². The predicted octanol–water partition coefficient (Wildman–Crippen LogP) is 2.92. The molecule has 1 aromatic rings. The molecular weight excluding hydrogens is 244 g/mol. The van der Waals surface area contributed by atoms with E-state index >= 15 is 0 Å². The molecule has 16 heavy (non-hydrogen) atoms. The minimum absolute atomic E-state index is 0.363. The second-order valence-electron chi connectivity index (χ2n) is 3.46. The molecule has 90 valence electrons. The van der Waals surface area contributed by atoms with E-state index in [1.54, 1.807) is 23.9 Å². The van der Waals surface area contributed by atoms with Crippen LogP contribution >= 0.6 is 11.8 Å². The molecule has 0 saturated heterocycles. The molecule has 0 unspecified atom stereocenters. The number of thioether (sulfide) groups is 1. The molecule has 5 heteroatoms. The molecular formula is C11H16O3S2. The molecule has 0 radical (unpaired) electrons. The lowest BCUT2D eigenvalue weighted by Crippen LogP contribution is -2.05. The van der Waals surface area contributed by atoms with Crippen molar-refractivity contribution < 1.29 is 12.6 Å². The first-order valence-corrected chi connectivity index (χ1v) is 7.94. The number of unbranched alkanes of at least 4 members (excludes halogenated alkanes) is 1. The summed E-state index contributed by atoms with van der Waals surface area (Å²) >= 11 is 1.77. The maximum absolute atomic E-state index is 10.9. The molecule has 0 spiro atoms. The van der Waals surface area contributed by atoms with Crippen molar-refractivity contribution in [3.05, 3.63) is 24.3 Å². The zero-order chi connectivity index (χ0) is 12.0. The molecule has 1 aromatic carbocycles. The summed E-state index contributed by atoms with van der Waals surface area (Å²) in [6, 6.07) is 7.10. The second kappa shape index (κ2) is 6.15. The van der Waals surface area contributed by atoms with Gasteiger partial charge in [0.1, 0.15) is 5.75 Å². The second-order valence-corrected chi connectivity index (χ2v) is 6.20. The van der Waals surface area contributed by atoms with Gasteiger partial charge in [0, 0.05) is 4.90 Å². The van der Waals surface area contributed by atoms with Crippen molar-refractivity contribution >= 4 is 21.9 Å². The lowest BCUT2D eigenvalue weighted by Gasteiger charge is -2.04. The van der Waals surface area contributed by atoms with Crippen LogP contribution in [0.5, 0.6) is 5.75 Å². The van der Waals surface area contributed by atoms with Gasteiger partial charge in [-0.3, -0.25) is 0 Å². The fraction of sp³-hybridized carbons (Fsp3) is 0.455. The molecule has 0 atom stereocenters. The Bertz CT molecular complexity index is 409. The largest absolute Gasteiger partial charge is 0.383 e. The molecule has 0 N–H and O–H groups in total. The van der Waals surface area contributed by atoms with Gasteiger partial charge in [-0.25, -0.2) is 0 Å². The fourth-order valence-corrected chi connectivity index (χ4v) is 2.56. The van der Waals surface area contributed by atoms with Gasteiger partial charge in [0.2, 0.25) is 0 Å². The summed E-state index contributed by atoms with van der Waals surface area (Å²) in [5, 5.41) is 0. The summed E-state index contributed by atoms with van der Waals surface area (Å²) in [5.41, 5.74) is 0. The highest BCUT2D eigenvalue weighted by Crippen LogP contribution is 2.22. The summed E-state index contributed by atoms with van der Waals surface area (Å²) < 4.78 is 26.5. The number of rotatable bonds is 6. The highest BCUT2D eigenvalue weighted by Gasteiger charge is 2.03. The fourth-order valence-electron chi connectivity index (χ4n) is 1.10. The van der Waals surface area contributed by atoms with Crippen molar-refractivity contribution in [1.29, 1.82) is 0 Å². The zero-order valence-electron chi connectivity index (χ0n) is 9.47. The monoisotopic (exact) mass is 260 g/mol. The van der Waals surface area contributed by atoms with E-state index in [0.29, 0.717) is 5.75 Å². The molecule has 0 aliphatic carbocycles. The SMILES string of the molecule is CCCCSc1ccc(OS(C)(=O)=O)cc1. The van der Waals surface area contributed by atoms with Crippen LogP contribution in [0.4, 0.5) is 0 Å². The van der Waals surface area contributed by atoms with Gasteiger partial charge in [0.25, 0.3) is 0 Å². The molecule has 1 rings (SSSR count). The van der Waals surface area contributed by atoms with E-state index in [9.17, 15) is 8.42 Å². The van der Waals surface area contributed by atoms with E-state index in [2.05, 4.69) is 6.92 Å². The first-order valence-electron chi connectivity index (χ1n) is 5.13. The van der Waals surface area contributed by atoms with E-state index in [0.717, 1.165) is 16.9 Å². The van der Waals surface area contributed by atoms with Gasteiger partial charge >= 0.3 is 10.1 Å². The van der Waals surface area contributed by atoms with E-state index in [-0.39, 0.29) is 0 Å². The number of hydrogen-bond acceptors (Lipinski definition) is 4. The van der Waals surface area contributed by atoms with Crippen molar-refractivity contribution in [3.63, 3.8) is 0 Å². The standard InChI is InChI=1S/C11H16O3S2/c1-3-4-9-15-11-7-5-10(6-8-11)14-16(2,12)13/h5-8H,3-4,9H2,1-2H3. The third-order valence-corrected chi connectivity index (χ3v) is 3.43. The van der Waals surface area contributed by atoms with Gasteiger partial charge < -0.3 is 4.18 Å². The van der Waals surface area contributed by atoms with E-state index in [4.69, 9.17) is 4.18 Å². The van der Waals surface area contributed by atoms with E-state index in [1.807, 2.05) is 12.1 Å². The number of benzene rings is 1. The minimum atomic E-state index is -3.42. The van der Waals surface area contributed by atoms with Gasteiger partial charge in [-0.2, -0.15) is 8.42 Å². The summed E-state index contributed by atoms with van der Waals surface area (Å²) in [6.45, 7) is 2.16. The average molecular weight is 260 g/mol. The van der Waals surface area contributed by atoms with Crippen LogP contribution in [0.3, 0.4) is 0 Å². The predicted molar refractivity (Wildman–Crippen MR) is 67.5 cm³/mol. The summed E-state index contributed by atoms with van der Waals surface area (Å²) in [7, 11) is -3.42. The van der Waals surface area contributed by atoms with Crippen LogP contribution in [0.2, 0.25) is 0 Å². The summed E-state index contributed by atoms with van der Waals surface area (Å²) in [4.78, 5) is 1.13. The third kappa shape index (κ3) is 5.42. The Kier molecular flexibility index (Phi) is 5.15. The highest BCUT2D eigenvalue weighted by molar-refractivity contribution is 7.99. The lowest BCUT2D eigenvalue weighted by atomic mass is 10.3. The van der Waals surface area contributed by atoms with E-state index < -0.39 is 10.1 Å².